The van der Waals surface area contributed by atoms with Gasteiger partial charge in [-0.3, -0.25) is 0 Å². The fourth-order valence-corrected chi connectivity index (χ4v) is 3.39. The molecule has 3 rings (SSSR count). The summed E-state index contributed by atoms with van der Waals surface area (Å²) in [7, 11) is 0. The van der Waals surface area contributed by atoms with Gasteiger partial charge in [-0.05, 0) is 37.8 Å². The maximum absolute atomic E-state index is 13.3. The standard InChI is InChI=1S/C15H16F4O2/c16-10-1-2-11-12(20)8-14(21-13(11)7-10)5-3-9(4-6-14)15(17,18)19/h1-2,7,9,12,20H,3-6,8H2/t9?,12-,14?/m0/s1. The van der Waals surface area contributed by atoms with Crippen LogP contribution in [0.5, 0.6) is 5.75 Å². The van der Waals surface area contributed by atoms with E-state index in [0.29, 0.717) is 5.56 Å². The Labute approximate surface area is 119 Å². The number of ether oxygens (including phenoxy) is 1. The lowest BCUT2D eigenvalue weighted by Crippen LogP contribution is -2.46. The third kappa shape index (κ3) is 2.73. The molecule has 0 bridgehead atoms. The van der Waals surface area contributed by atoms with Gasteiger partial charge in [0.25, 0.3) is 0 Å². The predicted octanol–water partition coefficient (Wildman–Crippen LogP) is 4.13. The van der Waals surface area contributed by atoms with E-state index in [2.05, 4.69) is 0 Å². The van der Waals surface area contributed by atoms with Gasteiger partial charge in [-0.25, -0.2) is 4.39 Å². The highest BCUT2D eigenvalue weighted by Crippen LogP contribution is 2.49. The molecular weight excluding hydrogens is 288 g/mol. The average Bonchev–Trinajstić information content (AvgIpc) is 2.37. The Morgan fingerprint density at radius 2 is 1.86 bits per heavy atom. The van der Waals surface area contributed by atoms with Gasteiger partial charge < -0.3 is 9.84 Å². The van der Waals surface area contributed by atoms with Gasteiger partial charge in [0.15, 0.2) is 0 Å². The number of rotatable bonds is 0. The zero-order valence-corrected chi connectivity index (χ0v) is 11.3. The summed E-state index contributed by atoms with van der Waals surface area (Å²) in [5.41, 5.74) is -0.304. The van der Waals surface area contributed by atoms with Gasteiger partial charge >= 0.3 is 6.18 Å². The van der Waals surface area contributed by atoms with Crippen molar-refractivity contribution < 1.29 is 27.4 Å². The van der Waals surface area contributed by atoms with Crippen molar-refractivity contribution in [3.05, 3.63) is 29.6 Å². The number of benzene rings is 1. The molecule has 2 aliphatic rings. The second-order valence-electron chi connectivity index (χ2n) is 6.00. The summed E-state index contributed by atoms with van der Waals surface area (Å²) in [6, 6.07) is 3.89. The smallest absolute Gasteiger partial charge is 0.391 e. The number of hydrogen-bond donors (Lipinski definition) is 1. The maximum atomic E-state index is 13.3. The van der Waals surface area contributed by atoms with Crippen molar-refractivity contribution in [1.29, 1.82) is 0 Å². The van der Waals surface area contributed by atoms with Crippen molar-refractivity contribution in [3.8, 4) is 5.75 Å². The van der Waals surface area contributed by atoms with Crippen LogP contribution in [0.1, 0.15) is 43.8 Å². The number of fused-ring (bicyclic) bond motifs is 1. The highest BCUT2D eigenvalue weighted by Gasteiger charge is 2.49. The molecule has 0 saturated heterocycles. The third-order valence-corrected chi connectivity index (χ3v) is 4.59. The molecule has 0 aromatic heterocycles. The zero-order chi connectivity index (χ0) is 15.3. The zero-order valence-electron chi connectivity index (χ0n) is 11.3. The van der Waals surface area contributed by atoms with Crippen LogP contribution in [0.2, 0.25) is 0 Å². The lowest BCUT2D eigenvalue weighted by Gasteiger charge is -2.45. The summed E-state index contributed by atoms with van der Waals surface area (Å²) in [5, 5.41) is 10.2. The molecule has 21 heavy (non-hydrogen) atoms. The van der Waals surface area contributed by atoms with Gasteiger partial charge in [-0.15, -0.1) is 0 Å². The van der Waals surface area contributed by atoms with Crippen LogP contribution >= 0.6 is 0 Å². The molecule has 1 aliphatic heterocycles. The molecule has 1 aromatic rings. The highest BCUT2D eigenvalue weighted by molar-refractivity contribution is 5.38. The summed E-state index contributed by atoms with van der Waals surface area (Å²) < 4.78 is 57.3. The first-order chi connectivity index (χ1) is 9.79. The maximum Gasteiger partial charge on any atom is 0.391 e. The molecule has 1 atom stereocenters. The van der Waals surface area contributed by atoms with E-state index in [0.717, 1.165) is 0 Å². The number of aliphatic hydroxyl groups is 1. The first kappa shape index (κ1) is 14.6. The SMILES string of the molecule is O[C@H]1CC2(CCC(C(F)(F)F)CC2)Oc2cc(F)ccc21. The van der Waals surface area contributed by atoms with Crippen LogP contribution in [-0.2, 0) is 0 Å². The summed E-state index contributed by atoms with van der Waals surface area (Å²) >= 11 is 0. The third-order valence-electron chi connectivity index (χ3n) is 4.59. The van der Waals surface area contributed by atoms with Crippen molar-refractivity contribution in [1.82, 2.24) is 0 Å². The molecule has 6 heteroatoms. The fraction of sp³-hybridized carbons (Fsp3) is 0.600. The number of halogens is 4. The molecule has 1 N–H and O–H groups in total. The number of hydrogen-bond acceptors (Lipinski definition) is 2. The van der Waals surface area contributed by atoms with Crippen molar-refractivity contribution in [2.75, 3.05) is 0 Å². The highest BCUT2D eigenvalue weighted by atomic mass is 19.4. The Morgan fingerprint density at radius 3 is 2.48 bits per heavy atom. The lowest BCUT2D eigenvalue weighted by atomic mass is 9.74. The molecule has 1 aliphatic carbocycles. The van der Waals surface area contributed by atoms with Crippen molar-refractivity contribution in [3.63, 3.8) is 0 Å². The van der Waals surface area contributed by atoms with Crippen LogP contribution in [0.3, 0.4) is 0 Å². The summed E-state index contributed by atoms with van der Waals surface area (Å²) in [6.07, 6.45) is -4.32. The molecule has 1 fully saturated rings. The minimum atomic E-state index is -4.18. The Bertz CT molecular complexity index is 533. The Morgan fingerprint density at radius 1 is 1.19 bits per heavy atom. The predicted molar refractivity (Wildman–Crippen MR) is 67.3 cm³/mol. The summed E-state index contributed by atoms with van der Waals surface area (Å²) in [5.74, 6) is -1.54. The van der Waals surface area contributed by atoms with E-state index < -0.39 is 29.6 Å². The van der Waals surface area contributed by atoms with Gasteiger partial charge in [0.2, 0.25) is 0 Å². The fourth-order valence-electron chi connectivity index (χ4n) is 3.39. The molecular formula is C15H16F4O2. The van der Waals surface area contributed by atoms with Crippen LogP contribution in [0.15, 0.2) is 18.2 Å². The topological polar surface area (TPSA) is 29.5 Å². The molecule has 0 unspecified atom stereocenters. The Balaban J connectivity index is 1.80. The normalized spacial score (nSPS) is 32.6. The van der Waals surface area contributed by atoms with Crippen LogP contribution in [0.25, 0.3) is 0 Å². The van der Waals surface area contributed by atoms with E-state index in [9.17, 15) is 22.7 Å². The second-order valence-corrected chi connectivity index (χ2v) is 6.00. The second kappa shape index (κ2) is 4.87. The van der Waals surface area contributed by atoms with Gasteiger partial charge in [0, 0.05) is 18.1 Å². The minimum Gasteiger partial charge on any atom is -0.487 e. The molecule has 1 aromatic carbocycles. The van der Waals surface area contributed by atoms with E-state index >= 15 is 0 Å². The molecule has 0 radical (unpaired) electrons. The largest absolute Gasteiger partial charge is 0.487 e. The van der Waals surface area contributed by atoms with Gasteiger partial charge in [0.05, 0.1) is 12.0 Å². The van der Waals surface area contributed by atoms with Crippen LogP contribution < -0.4 is 4.74 Å². The van der Waals surface area contributed by atoms with Gasteiger partial charge in [-0.1, -0.05) is 0 Å². The molecule has 1 saturated carbocycles. The molecule has 116 valence electrons. The lowest BCUT2D eigenvalue weighted by molar-refractivity contribution is -0.193. The van der Waals surface area contributed by atoms with E-state index in [1.807, 2.05) is 0 Å². The quantitative estimate of drug-likeness (QED) is 0.730. The minimum absolute atomic E-state index is 0.0130. The average molecular weight is 304 g/mol. The molecule has 1 spiro atoms. The summed E-state index contributed by atoms with van der Waals surface area (Å²) in [6.45, 7) is 0. The van der Waals surface area contributed by atoms with Gasteiger partial charge in [-0.2, -0.15) is 13.2 Å². The van der Waals surface area contributed by atoms with Crippen molar-refractivity contribution in [2.45, 2.75) is 50.0 Å². The Hall–Kier alpha value is -1.30. The first-order valence-electron chi connectivity index (χ1n) is 7.02. The van der Waals surface area contributed by atoms with E-state index in [1.165, 1.54) is 18.2 Å². The first-order valence-corrected chi connectivity index (χ1v) is 7.02. The van der Waals surface area contributed by atoms with Crippen LogP contribution in [-0.4, -0.2) is 16.9 Å². The van der Waals surface area contributed by atoms with Crippen LogP contribution in [0, 0.1) is 11.7 Å². The van der Waals surface area contributed by atoms with Crippen LogP contribution in [0.4, 0.5) is 17.6 Å². The van der Waals surface area contributed by atoms with E-state index in [1.54, 1.807) is 0 Å². The summed E-state index contributed by atoms with van der Waals surface area (Å²) in [4.78, 5) is 0. The monoisotopic (exact) mass is 304 g/mol. The van der Waals surface area contributed by atoms with E-state index in [-0.39, 0.29) is 37.9 Å². The Kier molecular flexibility index (Phi) is 3.39. The number of alkyl halides is 3. The molecule has 2 nitrogen and oxygen atoms in total. The van der Waals surface area contributed by atoms with Crippen molar-refractivity contribution >= 4 is 0 Å². The van der Waals surface area contributed by atoms with E-state index in [4.69, 9.17) is 4.74 Å². The van der Waals surface area contributed by atoms with Gasteiger partial charge in [0.1, 0.15) is 17.2 Å². The molecule has 1 heterocycles. The van der Waals surface area contributed by atoms with Crippen molar-refractivity contribution in [2.24, 2.45) is 5.92 Å². The number of aliphatic hydroxyl groups excluding tert-OH is 1. The molecule has 0 amide bonds.